The van der Waals surface area contributed by atoms with Gasteiger partial charge in [0.05, 0.1) is 0 Å². The van der Waals surface area contributed by atoms with Crippen molar-refractivity contribution in [1.29, 1.82) is 0 Å². The van der Waals surface area contributed by atoms with Crippen molar-refractivity contribution in [3.8, 4) is 0 Å². The van der Waals surface area contributed by atoms with Gasteiger partial charge in [0.2, 0.25) is 0 Å². The molecule has 1 fully saturated rings. The molecule has 23 heavy (non-hydrogen) atoms. The molecule has 0 spiro atoms. The number of likely N-dealkylation sites (tertiary alicyclic amines) is 1. The first-order valence-electron chi connectivity index (χ1n) is 8.03. The fraction of sp³-hybridized carbons (Fsp3) is 0.444. The van der Waals surface area contributed by atoms with E-state index in [0.29, 0.717) is 17.4 Å². The van der Waals surface area contributed by atoms with Gasteiger partial charge in [0, 0.05) is 36.3 Å². The average Bonchev–Trinajstić information content (AvgIpc) is 2.45. The summed E-state index contributed by atoms with van der Waals surface area (Å²) in [7, 11) is 0. The minimum atomic E-state index is -0.326. The Morgan fingerprint density at radius 1 is 1.26 bits per heavy atom. The summed E-state index contributed by atoms with van der Waals surface area (Å²) in [5, 5.41) is 4.96. The Labute approximate surface area is 141 Å². The van der Waals surface area contributed by atoms with Crippen LogP contribution in [0.5, 0.6) is 0 Å². The number of fused-ring (bicyclic) bond motifs is 1. The number of hydrogen-bond acceptors (Lipinski definition) is 3. The Bertz CT molecular complexity index is 789. The summed E-state index contributed by atoms with van der Waals surface area (Å²) < 4.78 is 5.29. The van der Waals surface area contributed by atoms with Crippen LogP contribution in [0.2, 0.25) is 0 Å². The largest absolute Gasteiger partial charge is 0.423 e. The lowest BCUT2D eigenvalue weighted by atomic mass is 9.92. The highest BCUT2D eigenvalue weighted by molar-refractivity contribution is 7.80. The van der Waals surface area contributed by atoms with Crippen LogP contribution in [0.3, 0.4) is 0 Å². The highest BCUT2D eigenvalue weighted by Gasteiger charge is 2.23. The van der Waals surface area contributed by atoms with Crippen LogP contribution in [0.15, 0.2) is 33.5 Å². The molecule has 0 radical (unpaired) electrons. The molecule has 4 nitrogen and oxygen atoms in total. The molecule has 1 aromatic heterocycles. The van der Waals surface area contributed by atoms with Gasteiger partial charge in [-0.15, -0.1) is 0 Å². The van der Waals surface area contributed by atoms with E-state index in [4.69, 9.17) is 16.6 Å². The van der Waals surface area contributed by atoms with E-state index in [1.165, 1.54) is 12.5 Å². The molecule has 2 aromatic rings. The lowest BCUT2D eigenvalue weighted by Gasteiger charge is -2.36. The molecule has 0 aliphatic carbocycles. The van der Waals surface area contributed by atoms with E-state index >= 15 is 0 Å². The zero-order valence-electron chi connectivity index (χ0n) is 13.8. The highest BCUT2D eigenvalue weighted by atomic mass is 32.1. The van der Waals surface area contributed by atoms with Crippen molar-refractivity contribution >= 4 is 34.0 Å². The minimum Gasteiger partial charge on any atom is -0.423 e. The maximum Gasteiger partial charge on any atom is 0.336 e. The molecular formula is C18H22N2O2S. The van der Waals surface area contributed by atoms with Crippen LogP contribution in [-0.2, 0) is 0 Å². The van der Waals surface area contributed by atoms with E-state index < -0.39 is 0 Å². The number of nitrogens with one attached hydrogen (secondary N) is 1. The van der Waals surface area contributed by atoms with Gasteiger partial charge >= 0.3 is 5.63 Å². The predicted molar refractivity (Wildman–Crippen MR) is 98.0 cm³/mol. The fourth-order valence-corrected chi connectivity index (χ4v) is 3.70. The van der Waals surface area contributed by atoms with Gasteiger partial charge in [0.25, 0.3) is 0 Å². The molecule has 1 saturated heterocycles. The van der Waals surface area contributed by atoms with Crippen LogP contribution >= 0.6 is 12.2 Å². The summed E-state index contributed by atoms with van der Waals surface area (Å²) in [4.78, 5) is 13.8. The first kappa shape index (κ1) is 16.0. The zero-order chi connectivity index (χ0) is 16.6. The second-order valence-corrected chi connectivity index (χ2v) is 7.13. The number of rotatable bonds is 1. The van der Waals surface area contributed by atoms with E-state index in [-0.39, 0.29) is 5.63 Å². The Hall–Kier alpha value is -1.88. The number of piperidine rings is 1. The Morgan fingerprint density at radius 2 is 1.96 bits per heavy atom. The maximum absolute atomic E-state index is 11.5. The second-order valence-electron chi connectivity index (χ2n) is 6.74. The summed E-state index contributed by atoms with van der Waals surface area (Å²) in [6.45, 7) is 8.40. The molecule has 1 aliphatic heterocycles. The number of thiocarbonyl (C=S) groups is 1. The van der Waals surface area contributed by atoms with Gasteiger partial charge in [-0.2, -0.15) is 0 Å². The number of aryl methyl sites for hydroxylation is 1. The minimum absolute atomic E-state index is 0.326. The summed E-state index contributed by atoms with van der Waals surface area (Å²) in [6.07, 6.45) is 1.25. The molecule has 0 bridgehead atoms. The highest BCUT2D eigenvalue weighted by Crippen LogP contribution is 2.24. The Balaban J connectivity index is 1.81. The first-order valence-corrected chi connectivity index (χ1v) is 8.43. The van der Waals surface area contributed by atoms with Crippen molar-refractivity contribution in [2.24, 2.45) is 11.8 Å². The lowest BCUT2D eigenvalue weighted by Crippen LogP contribution is -2.44. The van der Waals surface area contributed by atoms with E-state index in [1.807, 2.05) is 25.1 Å². The third-order valence-electron chi connectivity index (χ3n) is 4.36. The quantitative estimate of drug-likeness (QED) is 0.637. The third-order valence-corrected chi connectivity index (χ3v) is 4.72. The van der Waals surface area contributed by atoms with Gasteiger partial charge in [0.15, 0.2) is 5.11 Å². The van der Waals surface area contributed by atoms with Crippen LogP contribution < -0.4 is 10.9 Å². The first-order chi connectivity index (χ1) is 10.9. The van der Waals surface area contributed by atoms with Gasteiger partial charge < -0.3 is 14.6 Å². The zero-order valence-corrected chi connectivity index (χ0v) is 14.6. The van der Waals surface area contributed by atoms with Crippen molar-refractivity contribution in [2.45, 2.75) is 27.2 Å². The molecule has 1 N–H and O–H groups in total. The Morgan fingerprint density at radius 3 is 2.65 bits per heavy atom. The summed E-state index contributed by atoms with van der Waals surface area (Å²) in [6, 6.07) is 7.28. The molecule has 1 aliphatic rings. The van der Waals surface area contributed by atoms with Crippen LogP contribution in [0, 0.1) is 18.8 Å². The number of benzene rings is 1. The van der Waals surface area contributed by atoms with Crippen molar-refractivity contribution in [2.75, 3.05) is 18.4 Å². The van der Waals surface area contributed by atoms with Crippen LogP contribution in [-0.4, -0.2) is 23.1 Å². The van der Waals surface area contributed by atoms with Crippen molar-refractivity contribution in [1.82, 2.24) is 4.90 Å². The van der Waals surface area contributed by atoms with Crippen LogP contribution in [0.1, 0.15) is 25.8 Å². The molecule has 0 amide bonds. The molecule has 3 rings (SSSR count). The molecular weight excluding hydrogens is 308 g/mol. The summed E-state index contributed by atoms with van der Waals surface area (Å²) >= 11 is 5.56. The van der Waals surface area contributed by atoms with Gasteiger partial charge in [-0.25, -0.2) is 4.79 Å². The van der Waals surface area contributed by atoms with Gasteiger partial charge in [-0.05, 0) is 55.1 Å². The normalized spacial score (nSPS) is 21.4. The fourth-order valence-electron chi connectivity index (χ4n) is 3.43. The number of anilines is 1. The second kappa shape index (κ2) is 6.32. The molecule has 122 valence electrons. The summed E-state index contributed by atoms with van der Waals surface area (Å²) in [5.74, 6) is 1.30. The maximum atomic E-state index is 11.5. The molecule has 2 unspecified atom stereocenters. The molecule has 0 saturated carbocycles. The third kappa shape index (κ3) is 3.55. The predicted octanol–water partition coefficient (Wildman–Crippen LogP) is 3.78. The number of nitrogens with zero attached hydrogens (tertiary/aromatic N) is 1. The van der Waals surface area contributed by atoms with Gasteiger partial charge in [-0.1, -0.05) is 13.8 Å². The Kier molecular flexibility index (Phi) is 4.39. The van der Waals surface area contributed by atoms with E-state index in [1.54, 1.807) is 0 Å². The molecule has 2 heterocycles. The van der Waals surface area contributed by atoms with Crippen molar-refractivity contribution < 1.29 is 4.42 Å². The van der Waals surface area contributed by atoms with Gasteiger partial charge in [0.1, 0.15) is 5.58 Å². The smallest absolute Gasteiger partial charge is 0.336 e. The van der Waals surface area contributed by atoms with E-state index in [2.05, 4.69) is 24.1 Å². The topological polar surface area (TPSA) is 45.5 Å². The van der Waals surface area contributed by atoms with Crippen molar-refractivity contribution in [3.63, 3.8) is 0 Å². The van der Waals surface area contributed by atoms with Crippen LogP contribution in [0.25, 0.3) is 11.0 Å². The molecule has 5 heteroatoms. The summed E-state index contributed by atoms with van der Waals surface area (Å²) in [5.41, 5.74) is 2.03. The molecule has 2 atom stereocenters. The standard InChI is InChI=1S/C18H22N2O2S/c1-11-6-12(2)10-20(9-11)18(23)19-14-4-5-15-13(3)7-17(21)22-16(15)8-14/h4-5,7-8,11-12H,6,9-10H2,1-3H3,(H,19,23). The van der Waals surface area contributed by atoms with E-state index in [9.17, 15) is 4.79 Å². The number of hydrogen-bond donors (Lipinski definition) is 1. The monoisotopic (exact) mass is 330 g/mol. The van der Waals surface area contributed by atoms with Crippen molar-refractivity contribution in [3.05, 3.63) is 40.2 Å². The van der Waals surface area contributed by atoms with E-state index in [0.717, 1.165) is 34.8 Å². The van der Waals surface area contributed by atoms with Crippen LogP contribution in [0.4, 0.5) is 5.69 Å². The van der Waals surface area contributed by atoms with Gasteiger partial charge in [-0.3, -0.25) is 0 Å². The SMILES string of the molecule is Cc1cc(=O)oc2cc(NC(=S)N3CC(C)CC(C)C3)ccc12. The lowest BCUT2D eigenvalue weighted by molar-refractivity contribution is 0.216. The molecule has 1 aromatic carbocycles. The average molecular weight is 330 g/mol.